The zero-order chi connectivity index (χ0) is 44.2. The van der Waals surface area contributed by atoms with Gasteiger partial charge in [-0.2, -0.15) is 0 Å². The molecule has 0 bridgehead atoms. The second kappa shape index (κ2) is 17.7. The number of nitrogens with one attached hydrogen (secondary N) is 4. The number of aromatic amines is 2. The second-order valence-corrected chi connectivity index (χ2v) is 18.8. The average Bonchev–Trinajstić information content (AvgIpc) is 4.04. The van der Waals surface area contributed by atoms with E-state index in [0.29, 0.717) is 71.6 Å². The number of fused-ring (bicyclic) bond motifs is 2. The first-order valence-electron chi connectivity index (χ1n) is 22.3. The summed E-state index contributed by atoms with van der Waals surface area (Å²) in [6, 6.07) is 14.0. The van der Waals surface area contributed by atoms with Crippen LogP contribution < -0.4 is 10.6 Å². The molecule has 4 N–H and O–H groups in total. The van der Waals surface area contributed by atoms with Gasteiger partial charge in [-0.05, 0) is 74.3 Å². The van der Waals surface area contributed by atoms with Crippen molar-refractivity contribution in [3.8, 4) is 33.6 Å². The van der Waals surface area contributed by atoms with Crippen LogP contribution in [0.15, 0.2) is 48.5 Å². The van der Waals surface area contributed by atoms with Crippen molar-refractivity contribution in [2.24, 2.45) is 23.7 Å². The number of benzene rings is 2. The summed E-state index contributed by atoms with van der Waals surface area (Å²) in [6.07, 6.45) is 5.26. The largest absolute Gasteiger partial charge is 0.453 e. The number of methoxy groups -OCH3 is 2. The van der Waals surface area contributed by atoms with Gasteiger partial charge in [-0.3, -0.25) is 9.59 Å². The lowest BCUT2D eigenvalue weighted by atomic mass is 9.92. The molecule has 4 saturated heterocycles. The number of hydrogen-bond acceptors (Lipinski definition) is 10. The molecule has 16 nitrogen and oxygen atoms in total. The lowest BCUT2D eigenvalue weighted by Crippen LogP contribution is -2.54. The molecular weight excluding hydrogens is 863 g/mol. The number of carbonyl (C=O) groups excluding carboxylic acids is 4. The maximum absolute atomic E-state index is 14.3. The summed E-state index contributed by atoms with van der Waals surface area (Å²) in [4.78, 5) is 73.5. The van der Waals surface area contributed by atoms with E-state index in [-0.39, 0.29) is 47.8 Å². The first-order valence-corrected chi connectivity index (χ1v) is 23.1. The number of halogens is 2. The number of rotatable bonds is 11. The summed E-state index contributed by atoms with van der Waals surface area (Å²) in [5.74, 6) is 1.38. The van der Waals surface area contributed by atoms with Crippen LogP contribution in [0, 0.1) is 23.7 Å². The molecule has 6 aliphatic rings. The highest BCUT2D eigenvalue weighted by molar-refractivity contribution is 6.32. The van der Waals surface area contributed by atoms with Crippen molar-refractivity contribution in [1.29, 1.82) is 0 Å². The minimum Gasteiger partial charge on any atom is -0.453 e. The van der Waals surface area contributed by atoms with E-state index >= 15 is 0 Å². The number of piperidine rings is 2. The lowest BCUT2D eigenvalue weighted by Gasteiger charge is -2.35. The molecule has 6 fully saturated rings. The van der Waals surface area contributed by atoms with Gasteiger partial charge in [0, 0.05) is 48.3 Å². The normalized spacial score (nSPS) is 27.8. The maximum atomic E-state index is 14.3. The van der Waals surface area contributed by atoms with Crippen molar-refractivity contribution in [2.75, 3.05) is 40.6 Å². The van der Waals surface area contributed by atoms with E-state index < -0.39 is 24.3 Å². The molecule has 0 spiro atoms. The second-order valence-electron chi connectivity index (χ2n) is 18.0. The standard InChI is InChI=1S/C46H52Cl2N8O8/c1-61-45(59)51-37(27-5-3-15-63-21-27)43(57)55-31-17-29(31)19-33(55)41-49-35(39(47)53-41)25-11-7-23(8-12-25)24-9-13-26(14-10-24)36-40(48)54-42(50-36)34-20-30-18-32(30)56(34)44(58)38(52-46(60)62-2)28-6-4-16-64-22-28/h7-14,27-34,37-38H,3-6,15-22H2,1-2H3,(H,49,53)(H,50,54)(H,51,59)(H,52,60)/t27-,28-,29+,30+,31+,32+,33-,34-,37-,38-/m0/s1. The molecule has 338 valence electrons. The zero-order valence-corrected chi connectivity index (χ0v) is 37.2. The highest BCUT2D eigenvalue weighted by Crippen LogP contribution is 2.55. The molecule has 18 heteroatoms. The molecule has 4 aliphatic heterocycles. The fourth-order valence-corrected chi connectivity index (χ4v) is 11.1. The minimum atomic E-state index is -0.764. The number of aromatic nitrogens is 4. The molecule has 64 heavy (non-hydrogen) atoms. The Bertz CT molecular complexity index is 2230. The Morgan fingerprint density at radius 3 is 1.39 bits per heavy atom. The maximum Gasteiger partial charge on any atom is 0.407 e. The predicted octanol–water partition coefficient (Wildman–Crippen LogP) is 7.07. The van der Waals surface area contributed by atoms with E-state index in [0.717, 1.165) is 73.6 Å². The molecule has 6 heterocycles. The molecule has 10 rings (SSSR count). The quantitative estimate of drug-likeness (QED) is 0.121. The molecule has 4 amide bonds. The summed E-state index contributed by atoms with van der Waals surface area (Å²) >= 11 is 13.6. The fourth-order valence-electron chi connectivity index (χ4n) is 10.6. The Morgan fingerprint density at radius 1 is 0.641 bits per heavy atom. The number of hydrogen-bond donors (Lipinski definition) is 4. The smallest absolute Gasteiger partial charge is 0.407 e. The van der Waals surface area contributed by atoms with Gasteiger partial charge in [-0.1, -0.05) is 71.7 Å². The van der Waals surface area contributed by atoms with Crippen LogP contribution in [0.1, 0.15) is 75.1 Å². The number of amides is 4. The van der Waals surface area contributed by atoms with Gasteiger partial charge in [0.25, 0.3) is 0 Å². The minimum absolute atomic E-state index is 0.0881. The number of ether oxygens (including phenoxy) is 4. The van der Waals surface area contributed by atoms with Gasteiger partial charge >= 0.3 is 12.2 Å². The fraction of sp³-hybridized carbons (Fsp3) is 0.522. The first-order chi connectivity index (χ1) is 31.1. The molecule has 0 radical (unpaired) electrons. The van der Waals surface area contributed by atoms with Crippen molar-refractivity contribution >= 4 is 47.2 Å². The van der Waals surface area contributed by atoms with Crippen molar-refractivity contribution < 1.29 is 38.1 Å². The molecule has 2 saturated carbocycles. The monoisotopic (exact) mass is 914 g/mol. The number of alkyl carbamates (subject to hydrolysis) is 2. The number of likely N-dealkylation sites (tertiary alicyclic amines) is 2. The topological polar surface area (TPSA) is 193 Å². The Morgan fingerprint density at radius 2 is 1.03 bits per heavy atom. The molecule has 10 atom stereocenters. The number of carbonyl (C=O) groups is 4. The Balaban J connectivity index is 0.829. The van der Waals surface area contributed by atoms with Crippen molar-refractivity contribution in [3.63, 3.8) is 0 Å². The van der Waals surface area contributed by atoms with Crippen molar-refractivity contribution in [3.05, 3.63) is 70.5 Å². The summed E-state index contributed by atoms with van der Waals surface area (Å²) in [7, 11) is 2.59. The molecule has 0 unspecified atom stereocenters. The molecule has 2 aromatic heterocycles. The SMILES string of the molecule is COC(=O)N[C@H](C(=O)N1[C@@H]2C[C@@H]2C[C@H]1c1nc(-c2ccc(-c3ccc(-c4nc([C@@H]5C[C@H]6C[C@H]6N5C(=O)[C@@H](NC(=O)OC)[C@H]5CCCOC5)[nH]c4Cl)cc3)cc2)c(Cl)[nH]1)[C@H]1CCCOC1. The molecule has 4 aromatic rings. The Labute approximate surface area is 380 Å². The molecule has 2 aromatic carbocycles. The van der Waals surface area contributed by atoms with Crippen LogP contribution in [0.4, 0.5) is 9.59 Å². The average molecular weight is 916 g/mol. The molecular formula is C46H52Cl2N8O8. The zero-order valence-electron chi connectivity index (χ0n) is 35.7. The van der Waals surface area contributed by atoms with Crippen molar-refractivity contribution in [1.82, 2.24) is 40.4 Å². The summed E-state index contributed by atoms with van der Waals surface area (Å²) in [6.45, 7) is 2.07. The van der Waals surface area contributed by atoms with Gasteiger partial charge in [-0.25, -0.2) is 19.6 Å². The van der Waals surface area contributed by atoms with E-state index in [9.17, 15) is 19.2 Å². The van der Waals surface area contributed by atoms with Crippen LogP contribution in [0.25, 0.3) is 33.6 Å². The van der Waals surface area contributed by atoms with Gasteiger partial charge in [0.15, 0.2) is 0 Å². The number of imidazole rings is 2. The lowest BCUT2D eigenvalue weighted by molar-refractivity contribution is -0.139. The highest BCUT2D eigenvalue weighted by atomic mass is 35.5. The first kappa shape index (κ1) is 42.8. The highest BCUT2D eigenvalue weighted by Gasteiger charge is 2.58. The van der Waals surface area contributed by atoms with E-state index in [1.54, 1.807) is 0 Å². The summed E-state index contributed by atoms with van der Waals surface area (Å²) in [5, 5.41) is 6.39. The van der Waals surface area contributed by atoms with Crippen molar-refractivity contribution in [2.45, 2.75) is 87.6 Å². The van der Waals surface area contributed by atoms with Crippen LogP contribution in [-0.4, -0.2) is 119 Å². The van der Waals surface area contributed by atoms with Crippen LogP contribution in [-0.2, 0) is 28.5 Å². The van der Waals surface area contributed by atoms with E-state index in [2.05, 4.69) is 20.6 Å². The van der Waals surface area contributed by atoms with E-state index in [4.69, 9.17) is 52.1 Å². The Kier molecular flexibility index (Phi) is 11.8. The third-order valence-corrected chi connectivity index (χ3v) is 14.7. The van der Waals surface area contributed by atoms with E-state index in [1.165, 1.54) is 14.2 Å². The Hall–Kier alpha value is -5.16. The summed E-state index contributed by atoms with van der Waals surface area (Å²) < 4.78 is 21.2. The van der Waals surface area contributed by atoms with Crippen LogP contribution in [0.5, 0.6) is 0 Å². The third kappa shape index (κ3) is 8.22. The van der Waals surface area contributed by atoms with Crippen LogP contribution >= 0.6 is 23.2 Å². The number of H-pyrrole nitrogens is 2. The third-order valence-electron chi connectivity index (χ3n) is 14.1. The van der Waals surface area contributed by atoms with Crippen LogP contribution in [0.3, 0.4) is 0 Å². The van der Waals surface area contributed by atoms with Gasteiger partial charge in [-0.15, -0.1) is 0 Å². The van der Waals surface area contributed by atoms with Gasteiger partial charge < -0.3 is 49.3 Å². The number of nitrogens with zero attached hydrogens (tertiary/aromatic N) is 4. The summed E-state index contributed by atoms with van der Waals surface area (Å²) in [5.41, 5.74) is 4.81. The van der Waals surface area contributed by atoms with E-state index in [1.807, 2.05) is 58.3 Å². The van der Waals surface area contributed by atoms with Gasteiger partial charge in [0.2, 0.25) is 11.8 Å². The van der Waals surface area contributed by atoms with Crippen LogP contribution in [0.2, 0.25) is 10.3 Å². The van der Waals surface area contributed by atoms with Gasteiger partial charge in [0.05, 0.1) is 39.5 Å². The predicted molar refractivity (Wildman–Crippen MR) is 235 cm³/mol. The molecule has 2 aliphatic carbocycles. The van der Waals surface area contributed by atoms with Gasteiger partial charge in [0.1, 0.15) is 45.4 Å².